The minimum Gasteiger partial charge on any atom is -0.484 e. The van der Waals surface area contributed by atoms with Gasteiger partial charge in [-0.2, -0.15) is 5.10 Å². The molecule has 0 aliphatic carbocycles. The van der Waals surface area contributed by atoms with Gasteiger partial charge in [-0.3, -0.25) is 9.48 Å². The fourth-order valence-corrected chi connectivity index (χ4v) is 2.19. The van der Waals surface area contributed by atoms with Crippen LogP contribution < -0.4 is 15.8 Å². The molecule has 0 saturated carbocycles. The maximum Gasteiger partial charge on any atom is 0.255 e. The summed E-state index contributed by atoms with van der Waals surface area (Å²) in [4.78, 5) is 10.7. The van der Waals surface area contributed by atoms with Gasteiger partial charge in [0.2, 0.25) is 0 Å². The summed E-state index contributed by atoms with van der Waals surface area (Å²) in [5, 5.41) is 7.86. The molecule has 0 radical (unpaired) electrons. The largest absolute Gasteiger partial charge is 0.484 e. The molecule has 6 nitrogen and oxygen atoms in total. The Morgan fingerprint density at radius 2 is 2.04 bits per heavy atom. The standard InChI is InChI=1S/C17H24N4O2/c1-12-8-20-21(10-12)14(3)13(2)19-9-15-4-6-16(7-5-15)23-11-17(18)22/h4-8,10,13-14,19H,9,11H2,1-3H3,(H2,18,22)/t13-,14+/m1/s1. The second-order valence-electron chi connectivity index (χ2n) is 5.81. The number of aryl methyl sites for hydroxylation is 1. The van der Waals surface area contributed by atoms with Crippen LogP contribution in [0.5, 0.6) is 5.75 Å². The van der Waals surface area contributed by atoms with Gasteiger partial charge in [0.15, 0.2) is 6.61 Å². The summed E-state index contributed by atoms with van der Waals surface area (Å²) in [5.41, 5.74) is 7.36. The number of ether oxygens (including phenoxy) is 1. The first kappa shape index (κ1) is 17.0. The van der Waals surface area contributed by atoms with Crippen molar-refractivity contribution in [3.05, 3.63) is 47.8 Å². The third kappa shape index (κ3) is 5.10. The summed E-state index contributed by atoms with van der Waals surface area (Å²) < 4.78 is 7.22. The van der Waals surface area contributed by atoms with Crippen molar-refractivity contribution in [1.82, 2.24) is 15.1 Å². The zero-order valence-corrected chi connectivity index (χ0v) is 13.8. The zero-order valence-electron chi connectivity index (χ0n) is 13.8. The van der Waals surface area contributed by atoms with Gasteiger partial charge in [-0.15, -0.1) is 0 Å². The molecule has 1 aromatic carbocycles. The molecule has 1 amide bonds. The summed E-state index contributed by atoms with van der Waals surface area (Å²) in [5.74, 6) is 0.161. The molecule has 0 bridgehead atoms. The van der Waals surface area contributed by atoms with Crippen LogP contribution in [0.4, 0.5) is 0 Å². The highest BCUT2D eigenvalue weighted by Gasteiger charge is 2.14. The number of hydrogen-bond acceptors (Lipinski definition) is 4. The van der Waals surface area contributed by atoms with Crippen molar-refractivity contribution in [1.29, 1.82) is 0 Å². The fraction of sp³-hybridized carbons (Fsp3) is 0.412. The highest BCUT2D eigenvalue weighted by atomic mass is 16.5. The molecule has 6 heteroatoms. The van der Waals surface area contributed by atoms with Gasteiger partial charge in [-0.05, 0) is 44.0 Å². The molecule has 0 aliphatic heterocycles. The van der Waals surface area contributed by atoms with E-state index < -0.39 is 5.91 Å². The SMILES string of the molecule is Cc1cnn([C@@H](C)[C@@H](C)NCc2ccc(OCC(N)=O)cc2)c1. The van der Waals surface area contributed by atoms with Gasteiger partial charge in [-0.25, -0.2) is 0 Å². The van der Waals surface area contributed by atoms with E-state index in [-0.39, 0.29) is 18.7 Å². The quantitative estimate of drug-likeness (QED) is 0.778. The Labute approximate surface area is 136 Å². The van der Waals surface area contributed by atoms with E-state index in [0.29, 0.717) is 5.75 Å². The highest BCUT2D eigenvalue weighted by molar-refractivity contribution is 5.75. The number of hydrogen-bond donors (Lipinski definition) is 2. The number of nitrogens with zero attached hydrogens (tertiary/aromatic N) is 2. The van der Waals surface area contributed by atoms with Crippen LogP contribution in [-0.2, 0) is 11.3 Å². The molecule has 0 saturated heterocycles. The van der Waals surface area contributed by atoms with Gasteiger partial charge in [0.05, 0.1) is 12.2 Å². The number of rotatable bonds is 8. The van der Waals surface area contributed by atoms with E-state index in [4.69, 9.17) is 10.5 Å². The summed E-state index contributed by atoms with van der Waals surface area (Å²) in [6.07, 6.45) is 3.92. The van der Waals surface area contributed by atoms with Crippen molar-refractivity contribution in [2.75, 3.05) is 6.61 Å². The lowest BCUT2D eigenvalue weighted by molar-refractivity contribution is -0.119. The van der Waals surface area contributed by atoms with Crippen LogP contribution in [-0.4, -0.2) is 28.3 Å². The maximum atomic E-state index is 10.7. The lowest BCUT2D eigenvalue weighted by Crippen LogP contribution is -2.33. The van der Waals surface area contributed by atoms with Crippen LogP contribution in [0.25, 0.3) is 0 Å². The monoisotopic (exact) mass is 316 g/mol. The summed E-state index contributed by atoms with van der Waals surface area (Å²) in [6, 6.07) is 8.16. The number of carbonyl (C=O) groups excluding carboxylic acids is 1. The van der Waals surface area contributed by atoms with Crippen molar-refractivity contribution in [3.8, 4) is 5.75 Å². The summed E-state index contributed by atoms with van der Waals surface area (Å²) in [6.45, 7) is 6.98. The predicted octanol–water partition coefficient (Wildman–Crippen LogP) is 1.79. The number of nitrogens with one attached hydrogen (secondary N) is 1. The smallest absolute Gasteiger partial charge is 0.255 e. The van der Waals surface area contributed by atoms with Crippen LogP contribution in [0, 0.1) is 6.92 Å². The number of aromatic nitrogens is 2. The van der Waals surface area contributed by atoms with Crippen LogP contribution in [0.1, 0.15) is 31.0 Å². The second-order valence-corrected chi connectivity index (χ2v) is 5.81. The third-order valence-corrected chi connectivity index (χ3v) is 3.80. The van der Waals surface area contributed by atoms with Gasteiger partial charge in [0.1, 0.15) is 5.75 Å². The van der Waals surface area contributed by atoms with E-state index in [1.165, 1.54) is 0 Å². The molecule has 23 heavy (non-hydrogen) atoms. The van der Waals surface area contributed by atoms with Gasteiger partial charge in [0.25, 0.3) is 5.91 Å². The molecule has 124 valence electrons. The summed E-state index contributed by atoms with van der Waals surface area (Å²) >= 11 is 0. The molecule has 0 aliphatic rings. The molecular weight excluding hydrogens is 292 g/mol. The van der Waals surface area contributed by atoms with Gasteiger partial charge < -0.3 is 15.8 Å². The van der Waals surface area contributed by atoms with Crippen LogP contribution in [0.2, 0.25) is 0 Å². The Hall–Kier alpha value is -2.34. The van der Waals surface area contributed by atoms with E-state index in [1.54, 1.807) is 0 Å². The van der Waals surface area contributed by atoms with Gasteiger partial charge in [-0.1, -0.05) is 12.1 Å². The van der Waals surface area contributed by atoms with E-state index in [1.807, 2.05) is 48.3 Å². The lowest BCUT2D eigenvalue weighted by atomic mass is 10.1. The van der Waals surface area contributed by atoms with Crippen molar-refractivity contribution in [3.63, 3.8) is 0 Å². The average molecular weight is 316 g/mol. The molecule has 2 aromatic rings. The predicted molar refractivity (Wildman–Crippen MR) is 89.1 cm³/mol. The van der Waals surface area contributed by atoms with E-state index >= 15 is 0 Å². The summed E-state index contributed by atoms with van der Waals surface area (Å²) in [7, 11) is 0. The Kier molecular flexibility index (Phi) is 5.76. The van der Waals surface area contributed by atoms with Crippen LogP contribution >= 0.6 is 0 Å². The van der Waals surface area contributed by atoms with Crippen LogP contribution in [0.15, 0.2) is 36.7 Å². The molecule has 1 aromatic heterocycles. The van der Waals surface area contributed by atoms with Crippen molar-refractivity contribution in [2.24, 2.45) is 5.73 Å². The molecule has 0 unspecified atom stereocenters. The van der Waals surface area contributed by atoms with E-state index in [9.17, 15) is 4.79 Å². The average Bonchev–Trinajstić information content (AvgIpc) is 2.97. The van der Waals surface area contributed by atoms with Crippen LogP contribution in [0.3, 0.4) is 0 Å². The molecule has 2 atom stereocenters. The number of benzene rings is 1. The Morgan fingerprint density at radius 3 is 2.61 bits per heavy atom. The molecule has 1 heterocycles. The molecule has 0 fully saturated rings. The second kappa shape index (κ2) is 7.78. The van der Waals surface area contributed by atoms with Crippen molar-refractivity contribution in [2.45, 2.75) is 39.4 Å². The number of amides is 1. The highest BCUT2D eigenvalue weighted by Crippen LogP contribution is 2.14. The normalized spacial score (nSPS) is 13.5. The van der Waals surface area contributed by atoms with E-state index in [0.717, 1.165) is 17.7 Å². The van der Waals surface area contributed by atoms with Gasteiger partial charge >= 0.3 is 0 Å². The Bertz CT molecular complexity index is 636. The third-order valence-electron chi connectivity index (χ3n) is 3.80. The topological polar surface area (TPSA) is 82.2 Å². The minimum absolute atomic E-state index is 0.102. The first-order valence-corrected chi connectivity index (χ1v) is 7.70. The number of nitrogens with two attached hydrogens (primary N) is 1. The van der Waals surface area contributed by atoms with Crippen molar-refractivity contribution < 1.29 is 9.53 Å². The molecule has 0 spiro atoms. The minimum atomic E-state index is -0.479. The zero-order chi connectivity index (χ0) is 16.8. The first-order chi connectivity index (χ1) is 11.0. The number of carbonyl (C=O) groups is 1. The fourth-order valence-electron chi connectivity index (χ4n) is 2.19. The van der Waals surface area contributed by atoms with Crippen molar-refractivity contribution >= 4 is 5.91 Å². The first-order valence-electron chi connectivity index (χ1n) is 7.70. The molecule has 2 rings (SSSR count). The molecular formula is C17H24N4O2. The Morgan fingerprint density at radius 1 is 1.35 bits per heavy atom. The lowest BCUT2D eigenvalue weighted by Gasteiger charge is -2.22. The number of primary amides is 1. The molecule has 3 N–H and O–H groups in total. The Balaban J connectivity index is 1.84. The van der Waals surface area contributed by atoms with E-state index in [2.05, 4.69) is 24.3 Å². The van der Waals surface area contributed by atoms with Gasteiger partial charge in [0, 0.05) is 18.8 Å². The maximum absolute atomic E-state index is 10.7.